The molecule has 1 atom stereocenters. The number of rotatable bonds is 14. The maximum Gasteiger partial charge on any atom is 0.248 e. The van der Waals surface area contributed by atoms with E-state index in [4.69, 9.17) is 4.74 Å². The molecule has 8 nitrogen and oxygen atoms in total. The summed E-state index contributed by atoms with van der Waals surface area (Å²) in [6.45, 7) is 4.38. The first kappa shape index (κ1) is 27.8. The summed E-state index contributed by atoms with van der Waals surface area (Å²) in [5, 5.41) is 8.22. The van der Waals surface area contributed by atoms with Gasteiger partial charge in [0.2, 0.25) is 11.8 Å². The number of nitrogens with one attached hydrogen (secondary N) is 2. The zero-order valence-corrected chi connectivity index (χ0v) is 22.2. The predicted molar refractivity (Wildman–Crippen MR) is 143 cm³/mol. The normalized spacial score (nSPS) is 14.7. The van der Waals surface area contributed by atoms with Gasteiger partial charge in [-0.1, -0.05) is 19.3 Å². The monoisotopic (exact) mass is 514 g/mol. The van der Waals surface area contributed by atoms with Crippen LogP contribution in [-0.2, 0) is 14.4 Å². The maximum absolute atomic E-state index is 13.1. The zero-order chi connectivity index (χ0) is 25.8. The Morgan fingerprint density at radius 1 is 1.06 bits per heavy atom. The Balaban J connectivity index is 1.56. The molecule has 2 N–H and O–H groups in total. The summed E-state index contributed by atoms with van der Waals surface area (Å²) in [5.41, 5.74) is 1.70. The van der Waals surface area contributed by atoms with Crippen LogP contribution in [0.1, 0.15) is 64.7 Å². The van der Waals surface area contributed by atoms with Gasteiger partial charge in [-0.3, -0.25) is 9.59 Å². The third-order valence-electron chi connectivity index (χ3n) is 6.40. The van der Waals surface area contributed by atoms with Crippen LogP contribution < -0.4 is 15.4 Å². The number of aromatic nitrogens is 1. The molecular formula is C27H38N4O4S. The van der Waals surface area contributed by atoms with Crippen LogP contribution in [0.5, 0.6) is 5.75 Å². The fourth-order valence-electron chi connectivity index (χ4n) is 4.30. The molecule has 3 rings (SSSR count). The summed E-state index contributed by atoms with van der Waals surface area (Å²) in [6, 6.07) is 6.95. The highest BCUT2D eigenvalue weighted by molar-refractivity contribution is 7.14. The van der Waals surface area contributed by atoms with E-state index in [1.54, 1.807) is 14.0 Å². The molecule has 1 saturated heterocycles. The van der Waals surface area contributed by atoms with Crippen molar-refractivity contribution < 1.29 is 19.1 Å². The van der Waals surface area contributed by atoms with Crippen LogP contribution in [0.25, 0.3) is 11.3 Å². The lowest BCUT2D eigenvalue weighted by atomic mass is 10.1. The summed E-state index contributed by atoms with van der Waals surface area (Å²) in [7, 11) is 1.62. The smallest absolute Gasteiger partial charge is 0.248 e. The second kappa shape index (κ2) is 14.7. The van der Waals surface area contributed by atoms with Gasteiger partial charge in [-0.05, 0) is 70.0 Å². The van der Waals surface area contributed by atoms with Crippen molar-refractivity contribution in [2.75, 3.05) is 32.1 Å². The minimum absolute atomic E-state index is 0.109. The van der Waals surface area contributed by atoms with Crippen LogP contribution in [0.4, 0.5) is 5.13 Å². The van der Waals surface area contributed by atoms with E-state index in [0.29, 0.717) is 24.4 Å². The van der Waals surface area contributed by atoms with Crippen molar-refractivity contribution in [3.05, 3.63) is 29.6 Å². The molecule has 0 spiro atoms. The van der Waals surface area contributed by atoms with Crippen molar-refractivity contribution in [2.24, 2.45) is 0 Å². The van der Waals surface area contributed by atoms with E-state index in [1.165, 1.54) is 30.6 Å². The molecular weight excluding hydrogens is 476 g/mol. The highest BCUT2D eigenvalue weighted by Crippen LogP contribution is 2.26. The number of piperidine rings is 1. The standard InChI is InChI=1S/C27H38N4O4S/c1-20(32)9-5-3-6-10-23(28-25(33)15-18-31-16-7-4-8-17-31)26(34)30-27-29-24(19-36-27)21-11-13-22(35-2)14-12-21/h11-14,19,23H,3-10,15-18H2,1-2H3,(H,28,33)(H,29,30,34)/t23-/m0/s1. The van der Waals surface area contributed by atoms with Gasteiger partial charge in [0.05, 0.1) is 12.8 Å². The second-order valence-corrected chi connectivity index (χ2v) is 10.2. The molecule has 1 aromatic carbocycles. The number of carbonyl (C=O) groups excluding carboxylic acids is 3. The molecule has 2 amide bonds. The Labute approximate surface area is 217 Å². The lowest BCUT2D eigenvalue weighted by Gasteiger charge is -2.26. The van der Waals surface area contributed by atoms with E-state index in [9.17, 15) is 14.4 Å². The number of thiazole rings is 1. The highest BCUT2D eigenvalue weighted by atomic mass is 32.1. The number of methoxy groups -OCH3 is 1. The van der Waals surface area contributed by atoms with Gasteiger partial charge in [0, 0.05) is 30.3 Å². The van der Waals surface area contributed by atoms with E-state index in [1.807, 2.05) is 29.6 Å². The quantitative estimate of drug-likeness (QED) is 0.356. The van der Waals surface area contributed by atoms with Gasteiger partial charge in [0.25, 0.3) is 0 Å². The Hall–Kier alpha value is -2.78. The number of Topliss-reactive ketones (excluding diaryl/α,β-unsaturated/α-hetero) is 1. The number of amides is 2. The third kappa shape index (κ3) is 9.35. The first-order valence-corrected chi connectivity index (χ1v) is 13.7. The van der Waals surface area contributed by atoms with Crippen LogP contribution in [0, 0.1) is 0 Å². The molecule has 9 heteroatoms. The van der Waals surface area contributed by atoms with Crippen molar-refractivity contribution >= 4 is 34.1 Å². The van der Waals surface area contributed by atoms with Crippen LogP contribution >= 0.6 is 11.3 Å². The average molecular weight is 515 g/mol. The number of benzene rings is 1. The van der Waals surface area contributed by atoms with Crippen LogP contribution in [0.3, 0.4) is 0 Å². The van der Waals surface area contributed by atoms with Gasteiger partial charge < -0.3 is 25.1 Å². The zero-order valence-electron chi connectivity index (χ0n) is 21.4. The van der Waals surface area contributed by atoms with E-state index < -0.39 is 6.04 Å². The number of unbranched alkanes of at least 4 members (excludes halogenated alkanes) is 2. The number of ether oxygens (including phenoxy) is 1. The summed E-state index contributed by atoms with van der Waals surface area (Å²) in [5.74, 6) is 0.572. The summed E-state index contributed by atoms with van der Waals surface area (Å²) in [6.07, 6.45) is 7.46. The number of hydrogen-bond donors (Lipinski definition) is 2. The minimum Gasteiger partial charge on any atom is -0.497 e. The van der Waals surface area contributed by atoms with Crippen LogP contribution in [0.15, 0.2) is 29.6 Å². The van der Waals surface area contributed by atoms with Crippen LogP contribution in [0.2, 0.25) is 0 Å². The van der Waals surface area contributed by atoms with Crippen molar-refractivity contribution in [3.63, 3.8) is 0 Å². The molecule has 0 saturated carbocycles. The van der Waals surface area contributed by atoms with Gasteiger partial charge in [0.15, 0.2) is 5.13 Å². The van der Waals surface area contributed by atoms with Gasteiger partial charge in [-0.25, -0.2) is 4.98 Å². The molecule has 1 aromatic heterocycles. The average Bonchev–Trinajstić information content (AvgIpc) is 3.35. The molecule has 36 heavy (non-hydrogen) atoms. The highest BCUT2D eigenvalue weighted by Gasteiger charge is 2.22. The third-order valence-corrected chi connectivity index (χ3v) is 7.15. The number of hydrogen-bond acceptors (Lipinski definition) is 7. The summed E-state index contributed by atoms with van der Waals surface area (Å²) < 4.78 is 5.20. The van der Waals surface area contributed by atoms with E-state index >= 15 is 0 Å². The van der Waals surface area contributed by atoms with Crippen LogP contribution in [-0.4, -0.2) is 60.3 Å². The first-order valence-electron chi connectivity index (χ1n) is 12.9. The Morgan fingerprint density at radius 2 is 1.81 bits per heavy atom. The SMILES string of the molecule is COc1ccc(-c2csc(NC(=O)[C@H](CCCCCC(C)=O)NC(=O)CCN3CCCCC3)n2)cc1. The molecule has 0 bridgehead atoms. The van der Waals surface area contributed by atoms with E-state index in [-0.39, 0.29) is 17.6 Å². The molecule has 0 unspecified atom stereocenters. The second-order valence-electron chi connectivity index (χ2n) is 9.33. The fourth-order valence-corrected chi connectivity index (χ4v) is 5.02. The number of ketones is 1. The molecule has 2 heterocycles. The topological polar surface area (TPSA) is 101 Å². The van der Waals surface area contributed by atoms with E-state index in [2.05, 4.69) is 20.5 Å². The number of nitrogens with zero attached hydrogens (tertiary/aromatic N) is 2. The molecule has 2 aromatic rings. The summed E-state index contributed by atoms with van der Waals surface area (Å²) in [4.78, 5) is 43.9. The molecule has 0 radical (unpaired) electrons. The van der Waals surface area contributed by atoms with Crippen molar-refractivity contribution in [1.82, 2.24) is 15.2 Å². The van der Waals surface area contributed by atoms with Crippen molar-refractivity contribution in [1.29, 1.82) is 0 Å². The molecule has 1 aliphatic heterocycles. The lowest BCUT2D eigenvalue weighted by Crippen LogP contribution is -2.45. The molecule has 1 fully saturated rings. The molecule has 1 aliphatic rings. The number of anilines is 1. The van der Waals surface area contributed by atoms with Gasteiger partial charge in [-0.2, -0.15) is 0 Å². The summed E-state index contributed by atoms with van der Waals surface area (Å²) >= 11 is 1.35. The fraction of sp³-hybridized carbons (Fsp3) is 0.556. The van der Waals surface area contributed by atoms with E-state index in [0.717, 1.165) is 55.9 Å². The van der Waals surface area contributed by atoms with Crippen molar-refractivity contribution in [2.45, 2.75) is 70.8 Å². The van der Waals surface area contributed by atoms with Crippen molar-refractivity contribution in [3.8, 4) is 17.0 Å². The van der Waals surface area contributed by atoms with Gasteiger partial charge in [-0.15, -0.1) is 11.3 Å². The number of likely N-dealkylation sites (tertiary alicyclic amines) is 1. The Morgan fingerprint density at radius 3 is 2.50 bits per heavy atom. The maximum atomic E-state index is 13.1. The first-order chi connectivity index (χ1) is 17.4. The van der Waals surface area contributed by atoms with Gasteiger partial charge in [0.1, 0.15) is 17.6 Å². The molecule has 0 aliphatic carbocycles. The number of carbonyl (C=O) groups is 3. The largest absolute Gasteiger partial charge is 0.497 e. The Bertz CT molecular complexity index is 986. The lowest BCUT2D eigenvalue weighted by molar-refractivity contribution is -0.126. The predicted octanol–water partition coefficient (Wildman–Crippen LogP) is 4.66. The Kier molecular flexibility index (Phi) is 11.4. The molecule has 196 valence electrons. The van der Waals surface area contributed by atoms with Gasteiger partial charge >= 0.3 is 0 Å². The minimum atomic E-state index is -0.635.